The number of nitrogens with zero attached hydrogens (tertiary/aromatic N) is 2. The van der Waals surface area contributed by atoms with E-state index in [-0.39, 0.29) is 12.5 Å². The van der Waals surface area contributed by atoms with Crippen molar-refractivity contribution in [1.29, 1.82) is 0 Å². The van der Waals surface area contributed by atoms with Gasteiger partial charge in [0.1, 0.15) is 0 Å². The summed E-state index contributed by atoms with van der Waals surface area (Å²) in [5.41, 5.74) is 6.73. The molecule has 0 aliphatic carbocycles. The molecule has 3 amide bonds. The van der Waals surface area contributed by atoms with Crippen molar-refractivity contribution >= 4 is 46.5 Å². The van der Waals surface area contributed by atoms with Crippen molar-refractivity contribution in [3.8, 4) is 0 Å². The zero-order valence-corrected chi connectivity index (χ0v) is 17.0. The van der Waals surface area contributed by atoms with Crippen molar-refractivity contribution in [2.75, 3.05) is 11.9 Å². The number of anilines is 1. The minimum atomic E-state index is -0.895. The number of primary amides is 1. The number of urea groups is 1. The Bertz CT molecular complexity index is 924. The molecule has 0 radical (unpaired) electrons. The smallest absolute Gasteiger partial charge is 0.342 e. The third-order valence-electron chi connectivity index (χ3n) is 4.89. The van der Waals surface area contributed by atoms with Gasteiger partial charge in [-0.3, -0.25) is 4.79 Å². The minimum absolute atomic E-state index is 0.229. The molecule has 1 unspecified atom stereocenters. The first-order valence-electron chi connectivity index (χ1n) is 8.67. The van der Waals surface area contributed by atoms with Crippen LogP contribution in [-0.4, -0.2) is 29.2 Å². The maximum Gasteiger partial charge on any atom is 0.342 e. The summed E-state index contributed by atoms with van der Waals surface area (Å²) in [6.45, 7) is 3.74. The summed E-state index contributed by atoms with van der Waals surface area (Å²) in [4.78, 5) is 24.8. The summed E-state index contributed by atoms with van der Waals surface area (Å²) in [6.07, 6.45) is 0. The van der Waals surface area contributed by atoms with E-state index >= 15 is 0 Å². The van der Waals surface area contributed by atoms with Crippen LogP contribution in [0.2, 0.25) is 10.0 Å². The normalized spacial score (nSPS) is 16.6. The van der Waals surface area contributed by atoms with Crippen LogP contribution in [0.25, 0.3) is 0 Å². The lowest BCUT2D eigenvalue weighted by Gasteiger charge is -2.29. The highest BCUT2D eigenvalue weighted by Crippen LogP contribution is 2.35. The molecule has 0 fully saturated rings. The number of nitrogens with one attached hydrogen (secondary N) is 1. The molecular weight excluding hydrogens is 399 g/mol. The van der Waals surface area contributed by atoms with Crippen LogP contribution in [0.1, 0.15) is 19.4 Å². The lowest BCUT2D eigenvalue weighted by atomic mass is 9.74. The molecule has 0 bridgehead atoms. The molecule has 2 aromatic rings. The molecule has 1 heterocycles. The van der Waals surface area contributed by atoms with Gasteiger partial charge >= 0.3 is 6.03 Å². The van der Waals surface area contributed by atoms with Crippen molar-refractivity contribution in [3.63, 3.8) is 0 Å². The largest absolute Gasteiger partial charge is 0.369 e. The number of benzene rings is 2. The molecule has 2 aromatic carbocycles. The number of amides is 3. The summed E-state index contributed by atoms with van der Waals surface area (Å²) in [5, 5.41) is 9.75. The highest BCUT2D eigenvalue weighted by Gasteiger charge is 2.44. The molecule has 0 aromatic heterocycles. The fourth-order valence-corrected chi connectivity index (χ4v) is 3.22. The van der Waals surface area contributed by atoms with Crippen LogP contribution in [0.5, 0.6) is 0 Å². The van der Waals surface area contributed by atoms with Gasteiger partial charge in [0.05, 0.1) is 17.7 Å². The fourth-order valence-electron chi connectivity index (χ4n) is 2.97. The number of hydrazone groups is 1. The summed E-state index contributed by atoms with van der Waals surface area (Å²) in [5.74, 6) is -0.818. The number of carbonyl (C=O) groups excluding carboxylic acids is 2. The Hall–Kier alpha value is -2.57. The lowest BCUT2D eigenvalue weighted by Crippen LogP contribution is -2.44. The van der Waals surface area contributed by atoms with Gasteiger partial charge in [0.2, 0.25) is 5.91 Å². The second-order valence-corrected chi connectivity index (χ2v) is 8.02. The number of nitrogens with two attached hydrogens (primary N) is 1. The zero-order valence-electron chi connectivity index (χ0n) is 15.4. The van der Waals surface area contributed by atoms with Crippen LogP contribution in [0.4, 0.5) is 10.5 Å². The molecule has 3 rings (SSSR count). The maximum absolute atomic E-state index is 12.7. The molecule has 0 saturated heterocycles. The van der Waals surface area contributed by atoms with Gasteiger partial charge in [-0.2, -0.15) is 5.10 Å². The van der Waals surface area contributed by atoms with E-state index in [9.17, 15) is 9.59 Å². The van der Waals surface area contributed by atoms with Crippen LogP contribution in [0.3, 0.4) is 0 Å². The molecule has 28 heavy (non-hydrogen) atoms. The van der Waals surface area contributed by atoms with Crippen LogP contribution >= 0.6 is 23.2 Å². The van der Waals surface area contributed by atoms with E-state index in [1.54, 1.807) is 50.2 Å². The Balaban J connectivity index is 1.90. The molecular formula is C20H20Cl2N4O2. The van der Waals surface area contributed by atoms with Crippen molar-refractivity contribution in [2.24, 2.45) is 22.2 Å². The number of rotatable bonds is 4. The van der Waals surface area contributed by atoms with Gasteiger partial charge in [0.25, 0.3) is 0 Å². The van der Waals surface area contributed by atoms with E-state index in [1.807, 2.05) is 12.1 Å². The zero-order chi connectivity index (χ0) is 20.5. The molecule has 0 spiro atoms. The van der Waals surface area contributed by atoms with E-state index in [0.29, 0.717) is 21.4 Å². The molecule has 6 nitrogen and oxygen atoms in total. The number of hydrogen-bond acceptors (Lipinski definition) is 3. The predicted molar refractivity (Wildman–Crippen MR) is 112 cm³/mol. The van der Waals surface area contributed by atoms with Crippen LogP contribution in [0.15, 0.2) is 53.6 Å². The van der Waals surface area contributed by atoms with Gasteiger partial charge in [0, 0.05) is 21.7 Å². The average Bonchev–Trinajstić information content (AvgIpc) is 3.10. The van der Waals surface area contributed by atoms with Crippen LogP contribution in [0, 0.1) is 11.3 Å². The third kappa shape index (κ3) is 4.13. The molecule has 1 atom stereocenters. The van der Waals surface area contributed by atoms with Crippen molar-refractivity contribution in [2.45, 2.75) is 13.8 Å². The van der Waals surface area contributed by atoms with Crippen LogP contribution in [-0.2, 0) is 4.79 Å². The lowest BCUT2D eigenvalue weighted by molar-refractivity contribution is -0.127. The molecule has 1 aliphatic rings. The van der Waals surface area contributed by atoms with Gasteiger partial charge in [-0.1, -0.05) is 49.2 Å². The summed E-state index contributed by atoms with van der Waals surface area (Å²) in [7, 11) is 0. The highest BCUT2D eigenvalue weighted by atomic mass is 35.5. The molecule has 8 heteroatoms. The highest BCUT2D eigenvalue weighted by molar-refractivity contribution is 6.31. The molecule has 1 aliphatic heterocycles. The van der Waals surface area contributed by atoms with E-state index in [4.69, 9.17) is 28.9 Å². The summed E-state index contributed by atoms with van der Waals surface area (Å²) >= 11 is 11.9. The van der Waals surface area contributed by atoms with Gasteiger partial charge in [-0.05, 0) is 42.0 Å². The van der Waals surface area contributed by atoms with E-state index in [1.165, 1.54) is 5.01 Å². The number of halogens is 2. The van der Waals surface area contributed by atoms with Gasteiger partial charge in [-0.25, -0.2) is 9.80 Å². The van der Waals surface area contributed by atoms with Crippen LogP contribution < -0.4 is 11.1 Å². The van der Waals surface area contributed by atoms with Gasteiger partial charge < -0.3 is 11.1 Å². The summed E-state index contributed by atoms with van der Waals surface area (Å²) < 4.78 is 0. The SMILES string of the molecule is CC(C)(C(N)=O)C1CN(C(=O)Nc2ccc(Cl)cc2)N=C1c1ccc(Cl)cc1. The number of hydrogen-bond donors (Lipinski definition) is 2. The topological polar surface area (TPSA) is 87.8 Å². The second-order valence-electron chi connectivity index (χ2n) is 7.15. The maximum atomic E-state index is 12.7. The first kappa shape index (κ1) is 20.2. The summed E-state index contributed by atoms with van der Waals surface area (Å²) in [6, 6.07) is 13.5. The van der Waals surface area contributed by atoms with Gasteiger partial charge in [-0.15, -0.1) is 0 Å². The molecule has 146 valence electrons. The van der Waals surface area contributed by atoms with Crippen molar-refractivity contribution < 1.29 is 9.59 Å². The first-order chi connectivity index (χ1) is 13.2. The van der Waals surface area contributed by atoms with Crippen molar-refractivity contribution in [3.05, 3.63) is 64.1 Å². The number of carbonyl (C=O) groups is 2. The van der Waals surface area contributed by atoms with E-state index in [0.717, 1.165) is 5.56 Å². The van der Waals surface area contributed by atoms with Gasteiger partial charge in [0.15, 0.2) is 0 Å². The molecule has 3 N–H and O–H groups in total. The third-order valence-corrected chi connectivity index (χ3v) is 5.39. The quantitative estimate of drug-likeness (QED) is 0.771. The fraction of sp³-hybridized carbons (Fsp3) is 0.250. The minimum Gasteiger partial charge on any atom is -0.369 e. The Morgan fingerprint density at radius 1 is 1.07 bits per heavy atom. The average molecular weight is 419 g/mol. The van der Waals surface area contributed by atoms with Crippen molar-refractivity contribution in [1.82, 2.24) is 5.01 Å². The predicted octanol–water partition coefficient (Wildman–Crippen LogP) is 4.37. The molecule has 0 saturated carbocycles. The Labute approximate surface area is 173 Å². The second kappa shape index (κ2) is 7.81. The Morgan fingerprint density at radius 2 is 1.61 bits per heavy atom. The Kier molecular flexibility index (Phi) is 5.63. The van der Waals surface area contributed by atoms with E-state index < -0.39 is 17.4 Å². The Morgan fingerprint density at radius 3 is 2.14 bits per heavy atom. The first-order valence-corrected chi connectivity index (χ1v) is 9.42. The monoisotopic (exact) mass is 418 g/mol. The van der Waals surface area contributed by atoms with E-state index in [2.05, 4.69) is 10.4 Å². The standard InChI is InChI=1S/C20H20Cl2N4O2/c1-20(2,18(23)27)16-11-26(19(28)24-15-9-7-14(22)8-10-15)25-17(16)12-3-5-13(21)6-4-12/h3-10,16H,11H2,1-2H3,(H2,23,27)(H,24,28).